The fourth-order valence-electron chi connectivity index (χ4n) is 3.77. The van der Waals surface area contributed by atoms with E-state index in [2.05, 4.69) is 45.4 Å². The van der Waals surface area contributed by atoms with Crippen LogP contribution in [0.15, 0.2) is 54.6 Å². The van der Waals surface area contributed by atoms with E-state index in [1.807, 2.05) is 0 Å². The third kappa shape index (κ3) is 9.07. The van der Waals surface area contributed by atoms with Crippen molar-refractivity contribution >= 4 is 5.91 Å². The second-order valence-electron chi connectivity index (χ2n) is 8.07. The molecule has 31 heavy (non-hydrogen) atoms. The third-order valence-corrected chi connectivity index (χ3v) is 5.55. The Bertz CT molecular complexity index is 779. The van der Waals surface area contributed by atoms with Crippen molar-refractivity contribution in [1.82, 2.24) is 15.1 Å². The number of nitrogens with one attached hydrogen (secondary N) is 1. The largest absolute Gasteiger partial charge is 0.493 e. The van der Waals surface area contributed by atoms with Crippen LogP contribution in [0.2, 0.25) is 0 Å². The second-order valence-corrected chi connectivity index (χ2v) is 8.07. The lowest BCUT2D eigenvalue weighted by atomic mass is 10.2. The molecular weight excluding hydrogens is 393 g/mol. The average molecular weight is 428 g/mol. The second kappa shape index (κ2) is 13.1. The molecule has 1 fully saturated rings. The molecule has 1 heterocycles. The predicted octanol–water partition coefficient (Wildman–Crippen LogP) is 3.70. The van der Waals surface area contributed by atoms with Gasteiger partial charge in [0, 0.05) is 51.8 Å². The molecule has 1 saturated heterocycles. The SMILES string of the molecule is O=C(CCCOc1cccc(F)c1)NCCCCN1CCN(Cc2ccccc2)CC1. The van der Waals surface area contributed by atoms with Gasteiger partial charge < -0.3 is 15.0 Å². The summed E-state index contributed by atoms with van der Waals surface area (Å²) in [5.41, 5.74) is 1.38. The number of benzene rings is 2. The topological polar surface area (TPSA) is 44.8 Å². The zero-order chi connectivity index (χ0) is 21.7. The molecule has 1 amide bonds. The van der Waals surface area contributed by atoms with Gasteiger partial charge in [-0.1, -0.05) is 36.4 Å². The van der Waals surface area contributed by atoms with Crippen molar-refractivity contribution in [2.24, 2.45) is 0 Å². The maximum Gasteiger partial charge on any atom is 0.220 e. The van der Waals surface area contributed by atoms with E-state index in [-0.39, 0.29) is 11.7 Å². The van der Waals surface area contributed by atoms with Crippen LogP contribution in [0.4, 0.5) is 4.39 Å². The molecule has 2 aromatic carbocycles. The number of hydrogen-bond donors (Lipinski definition) is 1. The molecule has 5 nitrogen and oxygen atoms in total. The van der Waals surface area contributed by atoms with Gasteiger partial charge in [0.15, 0.2) is 0 Å². The van der Waals surface area contributed by atoms with Crippen LogP contribution >= 0.6 is 0 Å². The molecule has 0 atom stereocenters. The number of amides is 1. The van der Waals surface area contributed by atoms with Crippen molar-refractivity contribution in [3.63, 3.8) is 0 Å². The van der Waals surface area contributed by atoms with E-state index >= 15 is 0 Å². The molecule has 0 aliphatic carbocycles. The van der Waals surface area contributed by atoms with Crippen LogP contribution in [0.1, 0.15) is 31.2 Å². The molecule has 0 spiro atoms. The summed E-state index contributed by atoms with van der Waals surface area (Å²) in [4.78, 5) is 17.0. The smallest absolute Gasteiger partial charge is 0.220 e. The molecule has 2 aromatic rings. The quantitative estimate of drug-likeness (QED) is 0.525. The zero-order valence-corrected chi connectivity index (χ0v) is 18.3. The van der Waals surface area contributed by atoms with Crippen molar-refractivity contribution in [3.05, 3.63) is 66.0 Å². The van der Waals surface area contributed by atoms with E-state index in [1.54, 1.807) is 12.1 Å². The van der Waals surface area contributed by atoms with Crippen molar-refractivity contribution in [2.45, 2.75) is 32.2 Å². The third-order valence-electron chi connectivity index (χ3n) is 5.55. The molecule has 6 heteroatoms. The molecule has 1 aliphatic heterocycles. The summed E-state index contributed by atoms with van der Waals surface area (Å²) < 4.78 is 18.5. The first-order valence-electron chi connectivity index (χ1n) is 11.3. The normalized spacial score (nSPS) is 15.0. The number of hydrogen-bond acceptors (Lipinski definition) is 4. The number of ether oxygens (including phenoxy) is 1. The maximum atomic E-state index is 13.1. The Kier molecular flexibility index (Phi) is 9.80. The first-order valence-corrected chi connectivity index (χ1v) is 11.3. The van der Waals surface area contributed by atoms with Gasteiger partial charge in [-0.05, 0) is 43.5 Å². The molecule has 0 aromatic heterocycles. The van der Waals surface area contributed by atoms with E-state index in [0.717, 1.165) is 58.7 Å². The van der Waals surface area contributed by atoms with Crippen LogP contribution in [0.5, 0.6) is 5.75 Å². The van der Waals surface area contributed by atoms with Crippen LogP contribution in [-0.2, 0) is 11.3 Å². The van der Waals surface area contributed by atoms with Gasteiger partial charge in [0.2, 0.25) is 5.91 Å². The van der Waals surface area contributed by atoms with Crippen LogP contribution in [0.25, 0.3) is 0 Å². The van der Waals surface area contributed by atoms with E-state index in [1.165, 1.54) is 17.7 Å². The van der Waals surface area contributed by atoms with Crippen LogP contribution in [0, 0.1) is 5.82 Å². The number of halogens is 1. The fraction of sp³-hybridized carbons (Fsp3) is 0.480. The number of carbonyl (C=O) groups is 1. The summed E-state index contributed by atoms with van der Waals surface area (Å²) in [5, 5.41) is 2.98. The van der Waals surface area contributed by atoms with Crippen molar-refractivity contribution < 1.29 is 13.9 Å². The first kappa shape index (κ1) is 23.2. The van der Waals surface area contributed by atoms with Gasteiger partial charge in [-0.3, -0.25) is 9.69 Å². The predicted molar refractivity (Wildman–Crippen MR) is 122 cm³/mol. The van der Waals surface area contributed by atoms with E-state index in [9.17, 15) is 9.18 Å². The van der Waals surface area contributed by atoms with Crippen LogP contribution < -0.4 is 10.1 Å². The monoisotopic (exact) mass is 427 g/mol. The van der Waals surface area contributed by atoms with E-state index in [0.29, 0.717) is 25.2 Å². The fourth-order valence-corrected chi connectivity index (χ4v) is 3.77. The van der Waals surface area contributed by atoms with E-state index < -0.39 is 0 Å². The highest BCUT2D eigenvalue weighted by atomic mass is 19.1. The number of carbonyl (C=O) groups excluding carboxylic acids is 1. The van der Waals surface area contributed by atoms with Crippen molar-refractivity contribution in [2.75, 3.05) is 45.9 Å². The Morgan fingerprint density at radius 1 is 0.935 bits per heavy atom. The Labute approximate surface area is 185 Å². The molecule has 0 unspecified atom stereocenters. The van der Waals surface area contributed by atoms with Crippen molar-refractivity contribution in [1.29, 1.82) is 0 Å². The summed E-state index contributed by atoms with van der Waals surface area (Å²) in [6.45, 7) is 7.72. The van der Waals surface area contributed by atoms with Gasteiger partial charge in [-0.15, -0.1) is 0 Å². The molecule has 168 valence electrons. The van der Waals surface area contributed by atoms with Crippen molar-refractivity contribution in [3.8, 4) is 5.75 Å². The summed E-state index contributed by atoms with van der Waals surface area (Å²) in [5.74, 6) is 0.239. The molecular formula is C25H34FN3O2. The van der Waals surface area contributed by atoms with Gasteiger partial charge in [0.1, 0.15) is 11.6 Å². The maximum absolute atomic E-state index is 13.1. The summed E-state index contributed by atoms with van der Waals surface area (Å²) in [6, 6.07) is 16.7. The molecule has 1 aliphatic rings. The van der Waals surface area contributed by atoms with Gasteiger partial charge in [-0.2, -0.15) is 0 Å². The molecule has 0 radical (unpaired) electrons. The highest BCUT2D eigenvalue weighted by molar-refractivity contribution is 5.75. The average Bonchev–Trinajstić information content (AvgIpc) is 2.78. The lowest BCUT2D eigenvalue weighted by Crippen LogP contribution is -2.46. The number of rotatable bonds is 12. The van der Waals surface area contributed by atoms with Crippen LogP contribution in [0.3, 0.4) is 0 Å². The van der Waals surface area contributed by atoms with Gasteiger partial charge in [-0.25, -0.2) is 4.39 Å². The minimum atomic E-state index is -0.315. The Morgan fingerprint density at radius 3 is 2.48 bits per heavy atom. The Morgan fingerprint density at radius 2 is 1.71 bits per heavy atom. The molecule has 0 bridgehead atoms. The number of nitrogens with zero attached hydrogens (tertiary/aromatic N) is 2. The minimum Gasteiger partial charge on any atom is -0.493 e. The standard InChI is InChI=1S/C25H34FN3O2/c26-23-10-6-11-24(20-23)31-19-7-12-25(30)27-13-4-5-14-28-15-17-29(18-16-28)21-22-8-2-1-3-9-22/h1-3,6,8-11,20H,4-5,7,12-19,21H2,(H,27,30). The zero-order valence-electron chi connectivity index (χ0n) is 18.3. The summed E-state index contributed by atoms with van der Waals surface area (Å²) in [7, 11) is 0. The highest BCUT2D eigenvalue weighted by Crippen LogP contribution is 2.12. The number of piperazine rings is 1. The van der Waals surface area contributed by atoms with Gasteiger partial charge >= 0.3 is 0 Å². The highest BCUT2D eigenvalue weighted by Gasteiger charge is 2.16. The Hall–Kier alpha value is -2.44. The molecule has 0 saturated carbocycles. The Balaban J connectivity index is 1.16. The van der Waals surface area contributed by atoms with Crippen LogP contribution in [-0.4, -0.2) is 61.6 Å². The minimum absolute atomic E-state index is 0.0531. The van der Waals surface area contributed by atoms with Gasteiger partial charge in [0.05, 0.1) is 6.61 Å². The lowest BCUT2D eigenvalue weighted by molar-refractivity contribution is -0.121. The molecule has 3 rings (SSSR count). The van der Waals surface area contributed by atoms with Gasteiger partial charge in [0.25, 0.3) is 0 Å². The van der Waals surface area contributed by atoms with E-state index in [4.69, 9.17) is 4.74 Å². The number of unbranched alkanes of at least 4 members (excludes halogenated alkanes) is 1. The first-order chi connectivity index (χ1) is 15.2. The summed E-state index contributed by atoms with van der Waals surface area (Å²) in [6.07, 6.45) is 3.14. The molecule has 1 N–H and O–H groups in total. The lowest BCUT2D eigenvalue weighted by Gasteiger charge is -2.34. The summed E-state index contributed by atoms with van der Waals surface area (Å²) >= 11 is 0.